The maximum absolute atomic E-state index is 12.4. The van der Waals surface area contributed by atoms with Crippen molar-refractivity contribution in [3.05, 3.63) is 30.0 Å². The molecule has 7 heteroatoms. The summed E-state index contributed by atoms with van der Waals surface area (Å²) in [5.74, 6) is -0.272. The number of hydrogen-bond donors (Lipinski definition) is 3. The summed E-state index contributed by atoms with van der Waals surface area (Å²) in [5, 5.41) is 20.3. The van der Waals surface area contributed by atoms with Gasteiger partial charge >= 0.3 is 0 Å². The number of nitrogens with zero attached hydrogens (tertiary/aromatic N) is 1. The van der Waals surface area contributed by atoms with Crippen LogP contribution in [0.4, 0.5) is 0 Å². The minimum atomic E-state index is -0.622. The number of nitrogens with one attached hydrogen (secondary N) is 2. The minimum Gasteiger partial charge on any atom is -0.388 e. The summed E-state index contributed by atoms with van der Waals surface area (Å²) >= 11 is 0. The van der Waals surface area contributed by atoms with Crippen molar-refractivity contribution in [1.82, 2.24) is 15.5 Å². The van der Waals surface area contributed by atoms with Gasteiger partial charge < -0.3 is 19.9 Å². The summed E-state index contributed by atoms with van der Waals surface area (Å²) in [4.78, 5) is 12.4. The summed E-state index contributed by atoms with van der Waals surface area (Å²) in [7, 11) is 0. The Balaban J connectivity index is 1.54. The molecule has 0 bridgehead atoms. The van der Waals surface area contributed by atoms with E-state index in [-0.39, 0.29) is 30.8 Å². The molecule has 0 spiro atoms. The fourth-order valence-corrected chi connectivity index (χ4v) is 2.98. The van der Waals surface area contributed by atoms with Crippen LogP contribution < -0.4 is 5.32 Å². The van der Waals surface area contributed by atoms with Gasteiger partial charge in [-0.05, 0) is 6.07 Å². The van der Waals surface area contributed by atoms with Gasteiger partial charge in [-0.25, -0.2) is 0 Å². The van der Waals surface area contributed by atoms with Crippen molar-refractivity contribution < 1.29 is 19.4 Å². The zero-order valence-corrected chi connectivity index (χ0v) is 11.2. The van der Waals surface area contributed by atoms with Gasteiger partial charge in [0.25, 0.3) is 5.91 Å². The molecular weight excluding hydrogens is 274 g/mol. The predicted molar refractivity (Wildman–Crippen MR) is 72.8 cm³/mol. The van der Waals surface area contributed by atoms with Gasteiger partial charge in [0.05, 0.1) is 24.8 Å². The van der Waals surface area contributed by atoms with Gasteiger partial charge in [-0.1, -0.05) is 18.2 Å². The van der Waals surface area contributed by atoms with Crippen LogP contribution in [-0.2, 0) is 9.47 Å². The zero-order chi connectivity index (χ0) is 14.4. The Hall–Kier alpha value is -1.96. The van der Waals surface area contributed by atoms with Crippen molar-refractivity contribution in [3.8, 4) is 0 Å². The molecule has 110 valence electrons. The number of aliphatic hydroxyl groups is 1. The Morgan fingerprint density at radius 2 is 2.10 bits per heavy atom. The number of aromatic nitrogens is 2. The van der Waals surface area contributed by atoms with E-state index in [1.165, 1.54) is 0 Å². The number of amides is 1. The maximum Gasteiger partial charge on any atom is 0.272 e. The SMILES string of the molecule is O=C(N[C@H]1CO[C@H]2[C@@H]1OC[C@@H]2O)c1n[nH]c2ccccc12. The van der Waals surface area contributed by atoms with E-state index < -0.39 is 6.10 Å². The molecule has 1 aromatic heterocycles. The minimum absolute atomic E-state index is 0.243. The van der Waals surface area contributed by atoms with Crippen molar-refractivity contribution >= 4 is 16.8 Å². The Morgan fingerprint density at radius 3 is 3.00 bits per heavy atom. The lowest BCUT2D eigenvalue weighted by molar-refractivity contribution is 0.0178. The number of H-pyrrole nitrogens is 1. The first-order chi connectivity index (χ1) is 10.2. The van der Waals surface area contributed by atoms with Crippen LogP contribution in [0.1, 0.15) is 10.5 Å². The second-order valence-electron chi connectivity index (χ2n) is 5.36. The van der Waals surface area contributed by atoms with Gasteiger partial charge in [0.1, 0.15) is 18.3 Å². The van der Waals surface area contributed by atoms with Gasteiger partial charge in [-0.15, -0.1) is 0 Å². The summed E-state index contributed by atoms with van der Waals surface area (Å²) in [6.07, 6.45) is -1.27. The van der Waals surface area contributed by atoms with Gasteiger partial charge in [0.15, 0.2) is 5.69 Å². The van der Waals surface area contributed by atoms with Crippen LogP contribution in [0.25, 0.3) is 10.9 Å². The van der Waals surface area contributed by atoms with Crippen molar-refractivity contribution in [3.63, 3.8) is 0 Å². The molecule has 0 radical (unpaired) electrons. The highest BCUT2D eigenvalue weighted by molar-refractivity contribution is 6.04. The smallest absolute Gasteiger partial charge is 0.272 e. The fraction of sp³-hybridized carbons (Fsp3) is 0.429. The molecular formula is C14H15N3O4. The number of para-hydroxylation sites is 1. The molecule has 4 atom stereocenters. The number of aromatic amines is 1. The number of hydrogen-bond acceptors (Lipinski definition) is 5. The normalized spacial score (nSPS) is 31.5. The number of benzene rings is 1. The zero-order valence-electron chi connectivity index (χ0n) is 11.2. The molecule has 2 fully saturated rings. The third-order valence-electron chi connectivity index (χ3n) is 4.03. The molecule has 3 N–H and O–H groups in total. The summed E-state index contributed by atoms with van der Waals surface area (Å²) in [6.45, 7) is 0.577. The average molecular weight is 289 g/mol. The number of fused-ring (bicyclic) bond motifs is 2. The molecule has 2 aliphatic rings. The van der Waals surface area contributed by atoms with E-state index in [1.54, 1.807) is 0 Å². The first-order valence-electron chi connectivity index (χ1n) is 6.89. The molecule has 7 nitrogen and oxygen atoms in total. The Bertz CT molecular complexity index is 686. The lowest BCUT2D eigenvalue weighted by atomic mass is 10.1. The first kappa shape index (κ1) is 12.8. The van der Waals surface area contributed by atoms with Crippen molar-refractivity contribution in [2.45, 2.75) is 24.4 Å². The third-order valence-corrected chi connectivity index (χ3v) is 4.03. The average Bonchev–Trinajstić information content (AvgIpc) is 3.16. The fourth-order valence-electron chi connectivity index (χ4n) is 2.98. The van der Waals surface area contributed by atoms with Crippen LogP contribution in [0.3, 0.4) is 0 Å². The van der Waals surface area contributed by atoms with Crippen LogP contribution >= 0.6 is 0 Å². The first-order valence-corrected chi connectivity index (χ1v) is 6.89. The molecule has 1 amide bonds. The Labute approximate surface area is 120 Å². The topological polar surface area (TPSA) is 96.5 Å². The maximum atomic E-state index is 12.4. The Kier molecular flexibility index (Phi) is 2.91. The van der Waals surface area contributed by atoms with Crippen molar-refractivity contribution in [2.24, 2.45) is 0 Å². The van der Waals surface area contributed by atoms with Crippen LogP contribution in [0.2, 0.25) is 0 Å². The summed E-state index contributed by atoms with van der Waals surface area (Å²) in [6, 6.07) is 7.18. The molecule has 3 heterocycles. The van der Waals surface area contributed by atoms with Crippen molar-refractivity contribution in [1.29, 1.82) is 0 Å². The van der Waals surface area contributed by atoms with Crippen LogP contribution in [-0.4, -0.2) is 58.8 Å². The largest absolute Gasteiger partial charge is 0.388 e. The molecule has 0 unspecified atom stereocenters. The van der Waals surface area contributed by atoms with Gasteiger partial charge in [0, 0.05) is 5.39 Å². The molecule has 1 aromatic carbocycles. The predicted octanol–water partition coefficient (Wildman–Crippen LogP) is -0.180. The summed E-state index contributed by atoms with van der Waals surface area (Å²) < 4.78 is 11.0. The third kappa shape index (κ3) is 2.01. The van der Waals surface area contributed by atoms with E-state index >= 15 is 0 Å². The van der Waals surface area contributed by atoms with Gasteiger partial charge in [-0.2, -0.15) is 5.10 Å². The van der Waals surface area contributed by atoms with Crippen LogP contribution in [0, 0.1) is 0 Å². The van der Waals surface area contributed by atoms with E-state index in [1.807, 2.05) is 24.3 Å². The quantitative estimate of drug-likeness (QED) is 0.712. The number of carbonyl (C=O) groups is 1. The highest BCUT2D eigenvalue weighted by Crippen LogP contribution is 2.27. The van der Waals surface area contributed by atoms with E-state index in [0.29, 0.717) is 12.3 Å². The van der Waals surface area contributed by atoms with E-state index in [2.05, 4.69) is 15.5 Å². The lowest BCUT2D eigenvalue weighted by Gasteiger charge is -2.16. The van der Waals surface area contributed by atoms with E-state index in [9.17, 15) is 9.90 Å². The van der Waals surface area contributed by atoms with Gasteiger partial charge in [0.2, 0.25) is 0 Å². The standard InChI is InChI=1S/C14H15N3O4/c18-10-6-21-12-9(5-20-13(10)12)15-14(19)11-7-3-1-2-4-8(7)16-17-11/h1-4,9-10,12-13,18H,5-6H2,(H,15,19)(H,16,17)/t9-,10-,12+,13+/m0/s1. The number of ether oxygens (including phenoxy) is 2. The highest BCUT2D eigenvalue weighted by Gasteiger charge is 2.47. The second-order valence-corrected chi connectivity index (χ2v) is 5.36. The van der Waals surface area contributed by atoms with Crippen LogP contribution in [0.5, 0.6) is 0 Å². The molecule has 4 rings (SSSR count). The highest BCUT2D eigenvalue weighted by atomic mass is 16.6. The second kappa shape index (κ2) is 4.80. The molecule has 21 heavy (non-hydrogen) atoms. The Morgan fingerprint density at radius 1 is 1.29 bits per heavy atom. The lowest BCUT2D eigenvalue weighted by Crippen LogP contribution is -2.44. The van der Waals surface area contributed by atoms with E-state index in [0.717, 1.165) is 10.9 Å². The van der Waals surface area contributed by atoms with E-state index in [4.69, 9.17) is 9.47 Å². The molecule has 0 aliphatic carbocycles. The molecule has 2 saturated heterocycles. The number of carbonyl (C=O) groups excluding carboxylic acids is 1. The van der Waals surface area contributed by atoms with Gasteiger partial charge in [-0.3, -0.25) is 9.89 Å². The monoisotopic (exact) mass is 289 g/mol. The van der Waals surface area contributed by atoms with Crippen molar-refractivity contribution in [2.75, 3.05) is 13.2 Å². The number of rotatable bonds is 2. The molecule has 2 aromatic rings. The molecule has 0 saturated carbocycles. The summed E-state index contributed by atoms with van der Waals surface area (Å²) in [5.41, 5.74) is 1.17. The molecule has 2 aliphatic heterocycles. The van der Waals surface area contributed by atoms with Crippen LogP contribution in [0.15, 0.2) is 24.3 Å². The number of aliphatic hydroxyl groups excluding tert-OH is 1.